The maximum Gasteiger partial charge on any atom is 0.237 e. The number of halogens is 3. The molecule has 3 N–H and O–H groups in total. The molecule has 1 unspecified atom stereocenters. The van der Waals surface area contributed by atoms with Crippen LogP contribution in [0, 0.1) is 0 Å². The quantitative estimate of drug-likeness (QED) is 0.901. The fourth-order valence-corrected chi connectivity index (χ4v) is 1.85. The SMILES string of the molecule is CC(NC(=O)[C@@H](C)N)c1ccc(Cl)cc1Cl.Cl. The van der Waals surface area contributed by atoms with E-state index >= 15 is 0 Å². The van der Waals surface area contributed by atoms with Gasteiger partial charge in [0.05, 0.1) is 12.1 Å². The van der Waals surface area contributed by atoms with Gasteiger partial charge < -0.3 is 11.1 Å². The third-order valence-electron chi connectivity index (χ3n) is 2.20. The highest BCUT2D eigenvalue weighted by molar-refractivity contribution is 6.35. The Hall–Kier alpha value is -0.480. The largest absolute Gasteiger partial charge is 0.348 e. The van der Waals surface area contributed by atoms with Gasteiger partial charge in [-0.05, 0) is 31.5 Å². The van der Waals surface area contributed by atoms with Gasteiger partial charge >= 0.3 is 0 Å². The number of carbonyl (C=O) groups is 1. The molecule has 17 heavy (non-hydrogen) atoms. The Morgan fingerprint density at radius 2 is 1.94 bits per heavy atom. The summed E-state index contributed by atoms with van der Waals surface area (Å²) < 4.78 is 0. The topological polar surface area (TPSA) is 55.1 Å². The maximum absolute atomic E-state index is 11.4. The van der Waals surface area contributed by atoms with Crippen LogP contribution in [0.25, 0.3) is 0 Å². The number of nitrogens with one attached hydrogen (secondary N) is 1. The first-order valence-corrected chi connectivity index (χ1v) is 5.68. The van der Waals surface area contributed by atoms with E-state index in [1.807, 2.05) is 6.92 Å². The number of nitrogens with two attached hydrogens (primary N) is 1. The van der Waals surface area contributed by atoms with E-state index in [0.717, 1.165) is 5.56 Å². The van der Waals surface area contributed by atoms with Crippen molar-refractivity contribution in [3.05, 3.63) is 33.8 Å². The van der Waals surface area contributed by atoms with Crippen LogP contribution in [0.3, 0.4) is 0 Å². The van der Waals surface area contributed by atoms with Crippen molar-refractivity contribution in [2.75, 3.05) is 0 Å². The lowest BCUT2D eigenvalue weighted by Gasteiger charge is -2.17. The summed E-state index contributed by atoms with van der Waals surface area (Å²) in [5, 5.41) is 3.87. The molecule has 2 atom stereocenters. The lowest BCUT2D eigenvalue weighted by atomic mass is 10.1. The lowest BCUT2D eigenvalue weighted by Crippen LogP contribution is -2.39. The maximum atomic E-state index is 11.4. The first-order chi connectivity index (χ1) is 7.41. The molecule has 1 aromatic rings. The average molecular weight is 298 g/mol. The first kappa shape index (κ1) is 16.5. The van der Waals surface area contributed by atoms with Crippen molar-refractivity contribution in [3.8, 4) is 0 Å². The summed E-state index contributed by atoms with van der Waals surface area (Å²) in [6, 6.07) is 4.44. The van der Waals surface area contributed by atoms with Crippen molar-refractivity contribution in [2.45, 2.75) is 25.9 Å². The van der Waals surface area contributed by atoms with Crippen molar-refractivity contribution in [1.29, 1.82) is 0 Å². The van der Waals surface area contributed by atoms with E-state index < -0.39 is 6.04 Å². The number of carbonyl (C=O) groups excluding carboxylic acids is 1. The molecular formula is C11H15Cl3N2O. The molecule has 0 heterocycles. The van der Waals surface area contributed by atoms with E-state index in [4.69, 9.17) is 28.9 Å². The molecule has 0 aliphatic carbocycles. The van der Waals surface area contributed by atoms with Crippen molar-refractivity contribution in [3.63, 3.8) is 0 Å². The second-order valence-electron chi connectivity index (χ2n) is 3.68. The Kier molecular flexibility index (Phi) is 6.87. The molecule has 0 aliphatic heterocycles. The third kappa shape index (κ3) is 4.72. The highest BCUT2D eigenvalue weighted by Gasteiger charge is 2.14. The van der Waals surface area contributed by atoms with Gasteiger partial charge in [0.25, 0.3) is 0 Å². The van der Waals surface area contributed by atoms with Gasteiger partial charge in [-0.15, -0.1) is 12.4 Å². The minimum absolute atomic E-state index is 0. The molecule has 0 aliphatic rings. The van der Waals surface area contributed by atoms with Gasteiger partial charge in [-0.1, -0.05) is 29.3 Å². The lowest BCUT2D eigenvalue weighted by molar-refractivity contribution is -0.122. The summed E-state index contributed by atoms with van der Waals surface area (Å²) in [5.41, 5.74) is 6.28. The average Bonchev–Trinajstić information content (AvgIpc) is 2.16. The smallest absolute Gasteiger partial charge is 0.237 e. The van der Waals surface area contributed by atoms with Gasteiger partial charge in [0.2, 0.25) is 5.91 Å². The molecule has 3 nitrogen and oxygen atoms in total. The zero-order valence-electron chi connectivity index (χ0n) is 9.54. The summed E-state index contributed by atoms with van der Waals surface area (Å²) in [5.74, 6) is -0.210. The molecule has 1 rings (SSSR count). The Morgan fingerprint density at radius 1 is 1.35 bits per heavy atom. The highest BCUT2D eigenvalue weighted by atomic mass is 35.5. The van der Waals surface area contributed by atoms with Crippen molar-refractivity contribution in [2.24, 2.45) is 5.73 Å². The fraction of sp³-hybridized carbons (Fsp3) is 0.364. The fourth-order valence-electron chi connectivity index (χ4n) is 1.28. The predicted octanol–water partition coefficient (Wildman–Crippen LogP) is 2.94. The standard InChI is InChI=1S/C11H14Cl2N2O.ClH/c1-6(14)11(16)15-7(2)9-4-3-8(12)5-10(9)13;/h3-7H,14H2,1-2H3,(H,15,16);1H/t6-,7?;/m1./s1. The molecule has 0 fully saturated rings. The molecular weight excluding hydrogens is 282 g/mol. The van der Waals surface area contributed by atoms with Gasteiger partial charge in [0, 0.05) is 10.0 Å². The first-order valence-electron chi connectivity index (χ1n) is 4.92. The zero-order valence-corrected chi connectivity index (χ0v) is 11.9. The van der Waals surface area contributed by atoms with E-state index in [-0.39, 0.29) is 24.4 Å². The number of hydrogen-bond acceptors (Lipinski definition) is 2. The molecule has 0 aromatic heterocycles. The van der Waals surface area contributed by atoms with E-state index in [1.54, 1.807) is 25.1 Å². The molecule has 0 spiro atoms. The van der Waals surface area contributed by atoms with Gasteiger partial charge in [-0.3, -0.25) is 4.79 Å². The van der Waals surface area contributed by atoms with Crippen LogP contribution in [-0.2, 0) is 4.79 Å². The third-order valence-corrected chi connectivity index (χ3v) is 2.76. The highest BCUT2D eigenvalue weighted by Crippen LogP contribution is 2.25. The number of hydrogen-bond donors (Lipinski definition) is 2. The molecule has 6 heteroatoms. The van der Waals surface area contributed by atoms with Crippen LogP contribution in [-0.4, -0.2) is 11.9 Å². The van der Waals surface area contributed by atoms with Crippen LogP contribution in [0.5, 0.6) is 0 Å². The second-order valence-corrected chi connectivity index (χ2v) is 4.53. The molecule has 0 saturated heterocycles. The molecule has 0 radical (unpaired) electrons. The van der Waals surface area contributed by atoms with Crippen LogP contribution in [0.15, 0.2) is 18.2 Å². The van der Waals surface area contributed by atoms with Gasteiger partial charge in [0.1, 0.15) is 0 Å². The van der Waals surface area contributed by atoms with Crippen molar-refractivity contribution < 1.29 is 4.79 Å². The van der Waals surface area contributed by atoms with Gasteiger partial charge in [-0.25, -0.2) is 0 Å². The summed E-state index contributed by atoms with van der Waals surface area (Å²) in [7, 11) is 0. The Morgan fingerprint density at radius 3 is 2.41 bits per heavy atom. The van der Waals surface area contributed by atoms with Crippen molar-refractivity contribution in [1.82, 2.24) is 5.32 Å². The predicted molar refractivity (Wildman–Crippen MR) is 73.9 cm³/mol. The number of rotatable bonds is 3. The van der Waals surface area contributed by atoms with Gasteiger partial charge in [0.15, 0.2) is 0 Å². The second kappa shape index (κ2) is 7.07. The summed E-state index contributed by atoms with van der Waals surface area (Å²) >= 11 is 11.8. The zero-order chi connectivity index (χ0) is 12.3. The molecule has 1 aromatic carbocycles. The van der Waals surface area contributed by atoms with Crippen LogP contribution in [0.2, 0.25) is 10.0 Å². The summed E-state index contributed by atoms with van der Waals surface area (Å²) in [6.45, 7) is 3.47. The molecule has 1 amide bonds. The number of benzene rings is 1. The monoisotopic (exact) mass is 296 g/mol. The van der Waals surface area contributed by atoms with Gasteiger partial charge in [-0.2, -0.15) is 0 Å². The molecule has 96 valence electrons. The van der Waals surface area contributed by atoms with Crippen molar-refractivity contribution >= 4 is 41.5 Å². The van der Waals surface area contributed by atoms with E-state index in [0.29, 0.717) is 10.0 Å². The van der Waals surface area contributed by atoms with Crippen LogP contribution < -0.4 is 11.1 Å². The Bertz CT molecular complexity index is 396. The van der Waals surface area contributed by atoms with Crippen LogP contribution >= 0.6 is 35.6 Å². The van der Waals surface area contributed by atoms with E-state index in [9.17, 15) is 4.79 Å². The van der Waals surface area contributed by atoms with Crippen LogP contribution in [0.4, 0.5) is 0 Å². The normalized spacial score (nSPS) is 13.5. The minimum atomic E-state index is -0.534. The number of amides is 1. The molecule has 0 saturated carbocycles. The van der Waals surface area contributed by atoms with E-state index in [2.05, 4.69) is 5.32 Å². The van der Waals surface area contributed by atoms with E-state index in [1.165, 1.54) is 0 Å². The Labute approximate surface area is 117 Å². The summed E-state index contributed by atoms with van der Waals surface area (Å²) in [4.78, 5) is 11.4. The minimum Gasteiger partial charge on any atom is -0.348 e. The molecule has 0 bridgehead atoms. The Balaban J connectivity index is 0.00000256. The summed E-state index contributed by atoms with van der Waals surface area (Å²) in [6.07, 6.45) is 0. The van der Waals surface area contributed by atoms with Crippen LogP contribution in [0.1, 0.15) is 25.5 Å².